The van der Waals surface area contributed by atoms with Crippen LogP contribution in [0.5, 0.6) is 0 Å². The van der Waals surface area contributed by atoms with Gasteiger partial charge in [-0.3, -0.25) is 0 Å². The third-order valence-electron chi connectivity index (χ3n) is 5.97. The van der Waals surface area contributed by atoms with Gasteiger partial charge >= 0.3 is 0 Å². The van der Waals surface area contributed by atoms with Crippen molar-refractivity contribution in [3.63, 3.8) is 0 Å². The van der Waals surface area contributed by atoms with Gasteiger partial charge in [0.2, 0.25) is 0 Å². The molecule has 3 nitrogen and oxygen atoms in total. The molecule has 0 aliphatic carbocycles. The summed E-state index contributed by atoms with van der Waals surface area (Å²) in [6.45, 7) is 4.11. The summed E-state index contributed by atoms with van der Waals surface area (Å²) in [5.41, 5.74) is 1.06. The summed E-state index contributed by atoms with van der Waals surface area (Å²) in [5, 5.41) is 11.6. The molecule has 3 rings (SSSR count). The Bertz CT molecular complexity index is 892. The van der Waals surface area contributed by atoms with E-state index in [0.717, 1.165) is 34.0 Å². The van der Waals surface area contributed by atoms with Gasteiger partial charge in [-0.2, -0.15) is 0 Å². The highest BCUT2D eigenvalue weighted by Gasteiger charge is 2.48. The van der Waals surface area contributed by atoms with Crippen molar-refractivity contribution in [1.29, 1.82) is 0 Å². The van der Waals surface area contributed by atoms with Crippen molar-refractivity contribution in [3.8, 4) is 0 Å². The second kappa shape index (κ2) is 8.21. The first kappa shape index (κ1) is 20.8. The van der Waals surface area contributed by atoms with Gasteiger partial charge in [0.15, 0.2) is 9.84 Å². The molecule has 27 heavy (non-hydrogen) atoms. The minimum absolute atomic E-state index is 0.00947. The maximum Gasteiger partial charge on any atom is 0.179 e. The molecule has 0 fully saturated rings. The van der Waals surface area contributed by atoms with Gasteiger partial charge in [0.1, 0.15) is 0 Å². The Hall–Kier alpha value is -0.920. The van der Waals surface area contributed by atoms with Crippen molar-refractivity contribution in [1.82, 2.24) is 0 Å². The Morgan fingerprint density at radius 1 is 1.11 bits per heavy atom. The monoisotopic (exact) mass is 498 g/mol. The number of aliphatic hydroxyl groups excluding tert-OH is 1. The highest BCUT2D eigenvalue weighted by Crippen LogP contribution is 2.48. The number of rotatable bonds is 5. The molecule has 2 aromatic rings. The van der Waals surface area contributed by atoms with E-state index in [1.54, 1.807) is 12.1 Å². The number of benzene rings is 2. The summed E-state index contributed by atoms with van der Waals surface area (Å²) in [7, 11) is -3.47. The molecule has 0 radical (unpaired) electrons. The highest BCUT2D eigenvalue weighted by molar-refractivity contribution is 14.1. The number of halogens is 1. The molecule has 0 amide bonds. The molecular formula is C22H27IO3S. The molecule has 1 aliphatic rings. The average Bonchev–Trinajstić information content (AvgIpc) is 2.73. The molecule has 0 aromatic heterocycles. The van der Waals surface area contributed by atoms with Crippen molar-refractivity contribution < 1.29 is 13.5 Å². The van der Waals surface area contributed by atoms with Crippen LogP contribution in [-0.4, -0.2) is 25.4 Å². The lowest BCUT2D eigenvalue weighted by atomic mass is 9.69. The summed E-state index contributed by atoms with van der Waals surface area (Å²) >= 11 is 2.26. The number of aliphatic hydroxyl groups is 1. The molecule has 0 spiro atoms. The van der Waals surface area contributed by atoms with E-state index in [4.69, 9.17) is 0 Å². The van der Waals surface area contributed by atoms with Crippen LogP contribution >= 0.6 is 22.6 Å². The van der Waals surface area contributed by atoms with Crippen LogP contribution in [0.3, 0.4) is 0 Å². The minimum Gasteiger partial charge on any atom is -0.392 e. The molecule has 3 atom stereocenters. The van der Waals surface area contributed by atoms with Gasteiger partial charge in [-0.1, -0.05) is 57.0 Å². The quantitative estimate of drug-likeness (QED) is 0.580. The zero-order valence-electron chi connectivity index (χ0n) is 15.9. The number of hydrogen-bond acceptors (Lipinski definition) is 3. The van der Waals surface area contributed by atoms with E-state index in [9.17, 15) is 13.5 Å². The van der Waals surface area contributed by atoms with E-state index < -0.39 is 21.4 Å². The standard InChI is InChI=1S/C22H27IO3S/c1-3-5-14-22(4-2)15-27(25,26)19-9-7-6-8-18(19)20(21(22)24)16-10-12-17(23)13-11-16/h6-13,20-21,24H,3-5,14-15H2,1-2H3/t20-,21?,22-/m1/s1. The normalized spacial score (nSPS) is 27.0. The Morgan fingerprint density at radius 2 is 1.78 bits per heavy atom. The van der Waals surface area contributed by atoms with E-state index in [1.165, 1.54) is 0 Å². The molecule has 0 saturated carbocycles. The van der Waals surface area contributed by atoms with Gasteiger partial charge in [0, 0.05) is 14.9 Å². The topological polar surface area (TPSA) is 54.4 Å². The van der Waals surface area contributed by atoms with Crippen molar-refractivity contribution in [2.45, 2.75) is 56.4 Å². The smallest absolute Gasteiger partial charge is 0.179 e. The molecule has 5 heteroatoms. The predicted molar refractivity (Wildman–Crippen MR) is 118 cm³/mol. The van der Waals surface area contributed by atoms with Gasteiger partial charge in [-0.25, -0.2) is 8.42 Å². The van der Waals surface area contributed by atoms with E-state index in [-0.39, 0.29) is 11.7 Å². The van der Waals surface area contributed by atoms with E-state index >= 15 is 0 Å². The molecule has 1 heterocycles. The first-order valence-electron chi connectivity index (χ1n) is 9.60. The number of hydrogen-bond donors (Lipinski definition) is 1. The van der Waals surface area contributed by atoms with Crippen molar-refractivity contribution in [2.24, 2.45) is 5.41 Å². The van der Waals surface area contributed by atoms with Crippen molar-refractivity contribution in [2.75, 3.05) is 5.75 Å². The maximum atomic E-state index is 13.3. The van der Waals surface area contributed by atoms with Crippen LogP contribution < -0.4 is 0 Å². The van der Waals surface area contributed by atoms with Gasteiger partial charge in [0.25, 0.3) is 0 Å². The van der Waals surface area contributed by atoms with Crippen molar-refractivity contribution >= 4 is 32.4 Å². The van der Waals surface area contributed by atoms with Gasteiger partial charge in [-0.15, -0.1) is 0 Å². The minimum atomic E-state index is -3.47. The van der Waals surface area contributed by atoms with E-state index in [2.05, 4.69) is 29.5 Å². The summed E-state index contributed by atoms with van der Waals surface area (Å²) in [6.07, 6.45) is 2.51. The maximum absolute atomic E-state index is 13.3. The Balaban J connectivity index is 2.25. The summed E-state index contributed by atoms with van der Waals surface area (Å²) in [6, 6.07) is 15.3. The SMILES string of the molecule is CCCC[C@]1(CC)CS(=O)(=O)c2ccccc2[C@@H](c2ccc(I)cc2)C1O. The van der Waals surface area contributed by atoms with Crippen LogP contribution in [0.15, 0.2) is 53.4 Å². The van der Waals surface area contributed by atoms with Crippen LogP contribution in [-0.2, 0) is 9.84 Å². The number of fused-ring (bicyclic) bond motifs is 1. The lowest BCUT2D eigenvalue weighted by molar-refractivity contribution is 0.0174. The molecule has 146 valence electrons. The zero-order valence-corrected chi connectivity index (χ0v) is 18.8. The van der Waals surface area contributed by atoms with Crippen LogP contribution in [0.1, 0.15) is 56.6 Å². The Labute approximate surface area is 176 Å². The highest BCUT2D eigenvalue weighted by atomic mass is 127. The first-order chi connectivity index (χ1) is 12.8. The molecule has 1 aliphatic heterocycles. The fourth-order valence-electron chi connectivity index (χ4n) is 4.35. The lowest BCUT2D eigenvalue weighted by Gasteiger charge is -2.39. The van der Waals surface area contributed by atoms with Gasteiger partial charge in [0.05, 0.1) is 16.8 Å². The lowest BCUT2D eigenvalue weighted by Crippen LogP contribution is -2.42. The second-order valence-corrected chi connectivity index (χ2v) is 10.8. The third kappa shape index (κ3) is 3.96. The van der Waals surface area contributed by atoms with E-state index in [1.807, 2.05) is 43.3 Å². The number of sulfone groups is 1. The summed E-state index contributed by atoms with van der Waals surface area (Å²) in [4.78, 5) is 0.374. The summed E-state index contributed by atoms with van der Waals surface area (Å²) in [5.74, 6) is -0.331. The zero-order chi connectivity index (χ0) is 19.7. The molecule has 2 aromatic carbocycles. The third-order valence-corrected chi connectivity index (χ3v) is 8.69. The Morgan fingerprint density at radius 3 is 2.41 bits per heavy atom. The fraction of sp³-hybridized carbons (Fsp3) is 0.455. The first-order valence-corrected chi connectivity index (χ1v) is 12.3. The fourth-order valence-corrected chi connectivity index (χ4v) is 6.99. The number of unbranched alkanes of at least 4 members (excludes halogenated alkanes) is 1. The molecule has 1 N–H and O–H groups in total. The van der Waals surface area contributed by atoms with Crippen LogP contribution in [0.4, 0.5) is 0 Å². The van der Waals surface area contributed by atoms with Crippen LogP contribution in [0, 0.1) is 8.99 Å². The largest absolute Gasteiger partial charge is 0.392 e. The predicted octanol–water partition coefficient (Wildman–Crippen LogP) is 5.16. The molecule has 1 unspecified atom stereocenters. The van der Waals surface area contributed by atoms with Gasteiger partial charge < -0.3 is 5.11 Å². The van der Waals surface area contributed by atoms with Crippen molar-refractivity contribution in [3.05, 3.63) is 63.2 Å². The molecule has 0 saturated heterocycles. The summed E-state index contributed by atoms with van der Waals surface area (Å²) < 4.78 is 27.7. The van der Waals surface area contributed by atoms with Crippen LogP contribution in [0.25, 0.3) is 0 Å². The Kier molecular flexibility index (Phi) is 6.33. The second-order valence-electron chi connectivity index (χ2n) is 7.59. The average molecular weight is 498 g/mol. The van der Waals surface area contributed by atoms with Gasteiger partial charge in [-0.05, 0) is 64.8 Å². The van der Waals surface area contributed by atoms with Crippen LogP contribution in [0.2, 0.25) is 0 Å². The molecular weight excluding hydrogens is 471 g/mol. The molecule has 0 bridgehead atoms. The van der Waals surface area contributed by atoms with E-state index in [0.29, 0.717) is 11.3 Å².